The van der Waals surface area contributed by atoms with Crippen LogP contribution < -0.4 is 5.32 Å². The van der Waals surface area contributed by atoms with Crippen molar-refractivity contribution in [2.24, 2.45) is 0 Å². The van der Waals surface area contributed by atoms with Gasteiger partial charge in [-0.15, -0.1) is 0 Å². The van der Waals surface area contributed by atoms with Crippen molar-refractivity contribution in [3.05, 3.63) is 65.9 Å². The SMILES string of the molecule is O=C(Nc1ccc(CCBr)cc1)c1cc2ccccc2o1. The summed E-state index contributed by atoms with van der Waals surface area (Å²) >= 11 is 3.41. The third-order valence-corrected chi connectivity index (χ3v) is 3.64. The molecule has 3 aromatic rings. The van der Waals surface area contributed by atoms with Gasteiger partial charge in [0, 0.05) is 16.4 Å². The number of benzene rings is 2. The molecule has 0 radical (unpaired) electrons. The van der Waals surface area contributed by atoms with Gasteiger partial charge in [-0.05, 0) is 36.2 Å². The fourth-order valence-electron chi connectivity index (χ4n) is 2.15. The van der Waals surface area contributed by atoms with Crippen LogP contribution in [0.5, 0.6) is 0 Å². The highest BCUT2D eigenvalue weighted by atomic mass is 79.9. The van der Waals surface area contributed by atoms with E-state index < -0.39 is 0 Å². The second-order valence-corrected chi connectivity index (χ2v) is 5.53. The van der Waals surface area contributed by atoms with Gasteiger partial charge in [-0.25, -0.2) is 0 Å². The second kappa shape index (κ2) is 6.14. The molecule has 3 rings (SSSR count). The summed E-state index contributed by atoms with van der Waals surface area (Å²) in [5.74, 6) is 0.0835. The van der Waals surface area contributed by atoms with Gasteiger partial charge >= 0.3 is 0 Å². The first-order chi connectivity index (χ1) is 10.3. The summed E-state index contributed by atoms with van der Waals surface area (Å²) in [4.78, 5) is 12.2. The molecule has 3 nitrogen and oxygen atoms in total. The first-order valence-electron chi connectivity index (χ1n) is 6.71. The van der Waals surface area contributed by atoms with Crippen molar-refractivity contribution in [2.45, 2.75) is 6.42 Å². The zero-order chi connectivity index (χ0) is 14.7. The van der Waals surface area contributed by atoms with Crippen LogP contribution in [0.4, 0.5) is 5.69 Å². The van der Waals surface area contributed by atoms with E-state index in [2.05, 4.69) is 21.2 Å². The van der Waals surface area contributed by atoms with E-state index in [4.69, 9.17) is 4.42 Å². The molecule has 0 aliphatic heterocycles. The van der Waals surface area contributed by atoms with Crippen molar-refractivity contribution >= 4 is 38.5 Å². The van der Waals surface area contributed by atoms with E-state index in [0.717, 1.165) is 28.4 Å². The molecule has 0 bridgehead atoms. The van der Waals surface area contributed by atoms with Crippen molar-refractivity contribution in [1.82, 2.24) is 0 Å². The molecule has 2 aromatic carbocycles. The largest absolute Gasteiger partial charge is 0.451 e. The standard InChI is InChI=1S/C17H14BrNO2/c18-10-9-12-5-7-14(8-6-12)19-17(20)16-11-13-3-1-2-4-15(13)21-16/h1-8,11H,9-10H2,(H,19,20). The molecule has 21 heavy (non-hydrogen) atoms. The van der Waals surface area contributed by atoms with Crippen LogP contribution >= 0.6 is 15.9 Å². The molecule has 0 unspecified atom stereocenters. The monoisotopic (exact) mass is 343 g/mol. The van der Waals surface area contributed by atoms with Crippen LogP contribution in [-0.4, -0.2) is 11.2 Å². The highest BCUT2D eigenvalue weighted by Gasteiger charge is 2.12. The maximum atomic E-state index is 12.2. The first-order valence-corrected chi connectivity index (χ1v) is 7.83. The van der Waals surface area contributed by atoms with E-state index in [1.807, 2.05) is 48.5 Å². The molecule has 4 heteroatoms. The number of furan rings is 1. The van der Waals surface area contributed by atoms with E-state index in [-0.39, 0.29) is 5.91 Å². The number of alkyl halides is 1. The molecule has 0 atom stereocenters. The smallest absolute Gasteiger partial charge is 0.291 e. The van der Waals surface area contributed by atoms with Crippen LogP contribution in [0.3, 0.4) is 0 Å². The van der Waals surface area contributed by atoms with Gasteiger partial charge in [-0.1, -0.05) is 46.3 Å². The van der Waals surface area contributed by atoms with Crippen LogP contribution in [0.2, 0.25) is 0 Å². The molecular weight excluding hydrogens is 330 g/mol. The highest BCUT2D eigenvalue weighted by Crippen LogP contribution is 2.20. The van der Waals surface area contributed by atoms with E-state index in [0.29, 0.717) is 5.76 Å². The summed E-state index contributed by atoms with van der Waals surface area (Å²) in [6.45, 7) is 0. The number of para-hydroxylation sites is 1. The molecule has 0 saturated heterocycles. The van der Waals surface area contributed by atoms with E-state index >= 15 is 0 Å². The van der Waals surface area contributed by atoms with Crippen molar-refractivity contribution in [2.75, 3.05) is 10.6 Å². The maximum Gasteiger partial charge on any atom is 0.291 e. The van der Waals surface area contributed by atoms with Crippen molar-refractivity contribution in [3.63, 3.8) is 0 Å². The molecule has 0 aliphatic carbocycles. The van der Waals surface area contributed by atoms with Crippen LogP contribution in [-0.2, 0) is 6.42 Å². The predicted octanol–water partition coefficient (Wildman–Crippen LogP) is 4.62. The number of amides is 1. The lowest BCUT2D eigenvalue weighted by Gasteiger charge is -2.04. The Hall–Kier alpha value is -2.07. The number of aryl methyl sites for hydroxylation is 1. The molecule has 0 fully saturated rings. The number of carbonyl (C=O) groups is 1. The molecule has 1 heterocycles. The minimum atomic E-state index is -0.237. The first kappa shape index (κ1) is 13.9. The molecule has 0 saturated carbocycles. The fraction of sp³-hybridized carbons (Fsp3) is 0.118. The molecule has 106 valence electrons. The van der Waals surface area contributed by atoms with Crippen molar-refractivity contribution in [1.29, 1.82) is 0 Å². The number of hydrogen-bond donors (Lipinski definition) is 1. The Kier molecular flexibility index (Phi) is 4.06. The second-order valence-electron chi connectivity index (χ2n) is 4.74. The summed E-state index contributed by atoms with van der Waals surface area (Å²) in [7, 11) is 0. The van der Waals surface area contributed by atoms with Crippen molar-refractivity contribution in [3.8, 4) is 0 Å². The summed E-state index contributed by atoms with van der Waals surface area (Å²) < 4.78 is 5.55. The third-order valence-electron chi connectivity index (χ3n) is 3.24. The van der Waals surface area contributed by atoms with Gasteiger partial charge in [0.05, 0.1) is 0 Å². The average Bonchev–Trinajstić information content (AvgIpc) is 2.94. The van der Waals surface area contributed by atoms with E-state index in [1.165, 1.54) is 5.56 Å². The number of rotatable bonds is 4. The maximum absolute atomic E-state index is 12.2. The van der Waals surface area contributed by atoms with Gasteiger partial charge in [-0.3, -0.25) is 4.79 Å². The third kappa shape index (κ3) is 3.16. The number of fused-ring (bicyclic) bond motifs is 1. The molecule has 1 aromatic heterocycles. The number of anilines is 1. The Balaban J connectivity index is 1.76. The Morgan fingerprint density at radius 3 is 2.57 bits per heavy atom. The van der Waals surface area contributed by atoms with Gasteiger partial charge in [0.25, 0.3) is 5.91 Å². The van der Waals surface area contributed by atoms with Crippen molar-refractivity contribution < 1.29 is 9.21 Å². The van der Waals surface area contributed by atoms with Crippen LogP contribution in [0.15, 0.2) is 59.0 Å². The number of carbonyl (C=O) groups excluding carboxylic acids is 1. The lowest BCUT2D eigenvalue weighted by atomic mass is 10.1. The van der Waals surface area contributed by atoms with Gasteiger partial charge < -0.3 is 9.73 Å². The Labute approximate surface area is 131 Å². The van der Waals surface area contributed by atoms with Gasteiger partial charge in [0.1, 0.15) is 5.58 Å². The zero-order valence-electron chi connectivity index (χ0n) is 11.3. The topological polar surface area (TPSA) is 42.2 Å². The van der Waals surface area contributed by atoms with E-state index in [9.17, 15) is 4.79 Å². The van der Waals surface area contributed by atoms with Crippen LogP contribution in [0.1, 0.15) is 16.1 Å². The normalized spacial score (nSPS) is 10.7. The summed E-state index contributed by atoms with van der Waals surface area (Å²) in [5, 5.41) is 4.70. The van der Waals surface area contributed by atoms with Crippen LogP contribution in [0, 0.1) is 0 Å². The summed E-state index contributed by atoms with van der Waals surface area (Å²) in [6, 6.07) is 17.1. The lowest BCUT2D eigenvalue weighted by Crippen LogP contribution is -2.10. The van der Waals surface area contributed by atoms with Gasteiger partial charge in [0.15, 0.2) is 5.76 Å². The Morgan fingerprint density at radius 2 is 1.86 bits per heavy atom. The minimum Gasteiger partial charge on any atom is -0.451 e. The summed E-state index contributed by atoms with van der Waals surface area (Å²) in [6.07, 6.45) is 0.970. The Bertz CT molecular complexity index is 729. The van der Waals surface area contributed by atoms with Crippen LogP contribution in [0.25, 0.3) is 11.0 Å². The number of hydrogen-bond acceptors (Lipinski definition) is 2. The highest BCUT2D eigenvalue weighted by molar-refractivity contribution is 9.09. The average molecular weight is 344 g/mol. The molecule has 0 aliphatic rings. The molecule has 0 spiro atoms. The Morgan fingerprint density at radius 1 is 1.10 bits per heavy atom. The van der Waals surface area contributed by atoms with Gasteiger partial charge in [0.2, 0.25) is 0 Å². The van der Waals surface area contributed by atoms with E-state index in [1.54, 1.807) is 6.07 Å². The molecule has 1 amide bonds. The number of nitrogens with one attached hydrogen (secondary N) is 1. The zero-order valence-corrected chi connectivity index (χ0v) is 12.9. The summed E-state index contributed by atoms with van der Waals surface area (Å²) in [5.41, 5.74) is 2.71. The van der Waals surface area contributed by atoms with Gasteiger partial charge in [-0.2, -0.15) is 0 Å². The number of halogens is 1. The predicted molar refractivity (Wildman–Crippen MR) is 88.1 cm³/mol. The minimum absolute atomic E-state index is 0.237. The molecule has 1 N–H and O–H groups in total. The molecular formula is C17H14BrNO2. The lowest BCUT2D eigenvalue weighted by molar-refractivity contribution is 0.0998. The fourth-order valence-corrected chi connectivity index (χ4v) is 2.61. The quantitative estimate of drug-likeness (QED) is 0.702.